The van der Waals surface area contributed by atoms with E-state index in [9.17, 15) is 13.2 Å². The van der Waals surface area contributed by atoms with Gasteiger partial charge in [-0.25, -0.2) is 0 Å². The Kier molecular flexibility index (Phi) is 6.06. The quantitative estimate of drug-likeness (QED) is 0.732. The minimum Gasteiger partial charge on any atom is -0.491 e. The molecule has 2 heterocycles. The summed E-state index contributed by atoms with van der Waals surface area (Å²) in [5, 5.41) is 3.54. The third-order valence-corrected chi connectivity index (χ3v) is 4.45. The average Bonchev–Trinajstić information content (AvgIpc) is 3.23. The second-order valence-corrected chi connectivity index (χ2v) is 6.94. The van der Waals surface area contributed by atoms with Crippen LogP contribution in [0.1, 0.15) is 29.7 Å². The molecule has 1 aliphatic heterocycles. The second kappa shape index (κ2) is 8.31. The number of alkyl halides is 3. The third kappa shape index (κ3) is 5.46. The van der Waals surface area contributed by atoms with Crippen LogP contribution in [-0.4, -0.2) is 41.0 Å². The summed E-state index contributed by atoms with van der Waals surface area (Å²) in [5.74, 6) is 0.767. The van der Waals surface area contributed by atoms with Gasteiger partial charge in [0.25, 0.3) is 0 Å². The number of ether oxygens (including phenoxy) is 2. The number of benzene rings is 1. The molecule has 1 atom stereocenters. The van der Waals surface area contributed by atoms with Crippen molar-refractivity contribution in [2.24, 2.45) is 7.05 Å². The highest BCUT2D eigenvalue weighted by Gasteiger charge is 2.37. The van der Waals surface area contributed by atoms with Gasteiger partial charge < -0.3 is 9.47 Å². The van der Waals surface area contributed by atoms with Crippen LogP contribution in [0.5, 0.6) is 5.75 Å². The van der Waals surface area contributed by atoms with Gasteiger partial charge in [0.05, 0.1) is 6.10 Å². The van der Waals surface area contributed by atoms with E-state index in [1.165, 1.54) is 17.9 Å². The van der Waals surface area contributed by atoms with Crippen LogP contribution in [0.3, 0.4) is 0 Å². The highest BCUT2D eigenvalue weighted by Crippen LogP contribution is 2.31. The first-order valence-electron chi connectivity index (χ1n) is 8.93. The Balaban J connectivity index is 1.54. The summed E-state index contributed by atoms with van der Waals surface area (Å²) in [6.45, 7) is 2.03. The van der Waals surface area contributed by atoms with E-state index in [0.717, 1.165) is 30.8 Å². The summed E-state index contributed by atoms with van der Waals surface area (Å²) in [6, 6.07) is 7.61. The minimum atomic E-state index is -4.44. The molecule has 0 saturated carbocycles. The maximum absolute atomic E-state index is 13.1. The van der Waals surface area contributed by atoms with Crippen LogP contribution in [0.2, 0.25) is 0 Å². The molecule has 0 N–H and O–H groups in total. The van der Waals surface area contributed by atoms with Crippen LogP contribution >= 0.6 is 0 Å². The van der Waals surface area contributed by atoms with Crippen molar-refractivity contribution in [1.29, 1.82) is 0 Å². The third-order valence-electron chi connectivity index (χ3n) is 4.45. The fraction of sp³-hybridized carbons (Fsp3) is 0.526. The zero-order valence-electron chi connectivity index (χ0n) is 15.5. The summed E-state index contributed by atoms with van der Waals surface area (Å²) < 4.78 is 51.6. The summed E-state index contributed by atoms with van der Waals surface area (Å²) >= 11 is 0. The van der Waals surface area contributed by atoms with Crippen LogP contribution in [0, 0.1) is 0 Å². The van der Waals surface area contributed by atoms with E-state index in [2.05, 4.69) is 5.10 Å². The number of aryl methyl sites for hydroxylation is 1. The van der Waals surface area contributed by atoms with Crippen molar-refractivity contribution in [2.75, 3.05) is 20.3 Å². The van der Waals surface area contributed by atoms with Gasteiger partial charge in [-0.3, -0.25) is 9.58 Å². The Morgan fingerprint density at radius 3 is 2.63 bits per heavy atom. The Hall–Kier alpha value is -2.06. The van der Waals surface area contributed by atoms with E-state index in [-0.39, 0.29) is 18.2 Å². The fourth-order valence-corrected chi connectivity index (χ4v) is 3.21. The molecule has 3 rings (SSSR count). The molecule has 1 aliphatic rings. The maximum Gasteiger partial charge on any atom is 0.435 e. The van der Waals surface area contributed by atoms with Gasteiger partial charge in [0.1, 0.15) is 12.4 Å². The Morgan fingerprint density at radius 2 is 2.00 bits per heavy atom. The smallest absolute Gasteiger partial charge is 0.435 e. The van der Waals surface area contributed by atoms with E-state index in [0.29, 0.717) is 13.2 Å². The first-order valence-corrected chi connectivity index (χ1v) is 8.93. The predicted octanol–water partition coefficient (Wildman–Crippen LogP) is 3.63. The number of nitrogens with zero attached hydrogens (tertiary/aromatic N) is 3. The zero-order chi connectivity index (χ0) is 19.4. The van der Waals surface area contributed by atoms with Gasteiger partial charge in [0.15, 0.2) is 5.69 Å². The second-order valence-electron chi connectivity index (χ2n) is 6.94. The molecule has 1 aromatic carbocycles. The van der Waals surface area contributed by atoms with Crippen molar-refractivity contribution in [3.63, 3.8) is 0 Å². The van der Waals surface area contributed by atoms with Crippen molar-refractivity contribution in [3.8, 4) is 5.75 Å². The molecular formula is C19H24F3N3O2. The molecule has 27 heavy (non-hydrogen) atoms. The standard InChI is InChI=1S/C19H24F3N3O2/c1-24(11-15-12-25(2)23-18(15)19(20,21)22)10-14-5-7-16(8-6-14)27-13-17-4-3-9-26-17/h5-8,12,17H,3-4,9-11,13H2,1-2H3. The summed E-state index contributed by atoms with van der Waals surface area (Å²) in [7, 11) is 3.28. The summed E-state index contributed by atoms with van der Waals surface area (Å²) in [5.41, 5.74) is 0.346. The lowest BCUT2D eigenvalue weighted by Gasteiger charge is -2.17. The van der Waals surface area contributed by atoms with Crippen molar-refractivity contribution in [3.05, 3.63) is 47.3 Å². The lowest BCUT2D eigenvalue weighted by atomic mass is 10.2. The Labute approximate surface area is 156 Å². The molecule has 1 saturated heterocycles. The van der Waals surface area contributed by atoms with Gasteiger partial charge >= 0.3 is 6.18 Å². The number of hydrogen-bond donors (Lipinski definition) is 0. The fourth-order valence-electron chi connectivity index (χ4n) is 3.21. The van der Waals surface area contributed by atoms with E-state index < -0.39 is 11.9 Å². The monoisotopic (exact) mass is 383 g/mol. The number of hydrogen-bond acceptors (Lipinski definition) is 4. The van der Waals surface area contributed by atoms with Gasteiger partial charge in [0, 0.05) is 38.5 Å². The van der Waals surface area contributed by atoms with E-state index in [1.54, 1.807) is 7.05 Å². The molecule has 148 valence electrons. The number of rotatable bonds is 7. The van der Waals surface area contributed by atoms with Crippen molar-refractivity contribution >= 4 is 0 Å². The topological polar surface area (TPSA) is 39.5 Å². The first-order chi connectivity index (χ1) is 12.8. The summed E-state index contributed by atoms with van der Waals surface area (Å²) in [6.07, 6.45) is -0.761. The molecule has 8 heteroatoms. The Bertz CT molecular complexity index is 738. The van der Waals surface area contributed by atoms with Crippen LogP contribution < -0.4 is 4.74 Å². The van der Waals surface area contributed by atoms with Crippen LogP contribution in [0.25, 0.3) is 0 Å². The van der Waals surface area contributed by atoms with Crippen LogP contribution in [0.4, 0.5) is 13.2 Å². The minimum absolute atomic E-state index is 0.165. The van der Waals surface area contributed by atoms with E-state index >= 15 is 0 Å². The van der Waals surface area contributed by atoms with Crippen LogP contribution in [-0.2, 0) is 31.1 Å². The molecule has 1 aromatic heterocycles. The van der Waals surface area contributed by atoms with Gasteiger partial charge in [-0.2, -0.15) is 18.3 Å². The van der Waals surface area contributed by atoms with Gasteiger partial charge in [0.2, 0.25) is 0 Å². The predicted molar refractivity (Wildman–Crippen MR) is 94.3 cm³/mol. The largest absolute Gasteiger partial charge is 0.491 e. The van der Waals surface area contributed by atoms with Gasteiger partial charge in [-0.05, 0) is 37.6 Å². The normalized spacial score (nSPS) is 17.6. The molecule has 2 aromatic rings. The molecule has 5 nitrogen and oxygen atoms in total. The molecule has 1 unspecified atom stereocenters. The van der Waals surface area contributed by atoms with Crippen LogP contribution in [0.15, 0.2) is 30.5 Å². The van der Waals surface area contributed by atoms with Crippen molar-refractivity contribution in [2.45, 2.75) is 38.2 Å². The highest BCUT2D eigenvalue weighted by atomic mass is 19.4. The van der Waals surface area contributed by atoms with Crippen molar-refractivity contribution in [1.82, 2.24) is 14.7 Å². The SMILES string of the molecule is CN(Cc1ccc(OCC2CCCO2)cc1)Cc1cn(C)nc1C(F)(F)F. The average molecular weight is 383 g/mol. The van der Waals surface area contributed by atoms with Crippen molar-refractivity contribution < 1.29 is 22.6 Å². The van der Waals surface area contributed by atoms with Gasteiger partial charge in [-0.1, -0.05) is 12.1 Å². The van der Waals surface area contributed by atoms with Gasteiger partial charge in [-0.15, -0.1) is 0 Å². The molecular weight excluding hydrogens is 359 g/mol. The van der Waals surface area contributed by atoms with E-state index in [1.807, 2.05) is 29.2 Å². The molecule has 1 fully saturated rings. The number of halogens is 3. The number of aromatic nitrogens is 2. The zero-order valence-corrected chi connectivity index (χ0v) is 15.5. The lowest BCUT2D eigenvalue weighted by molar-refractivity contribution is -0.142. The summed E-state index contributed by atoms with van der Waals surface area (Å²) in [4.78, 5) is 1.83. The lowest BCUT2D eigenvalue weighted by Crippen LogP contribution is -2.19. The maximum atomic E-state index is 13.1. The molecule has 0 amide bonds. The highest BCUT2D eigenvalue weighted by molar-refractivity contribution is 5.27. The first kappa shape index (κ1) is 19.7. The Morgan fingerprint density at radius 1 is 1.26 bits per heavy atom. The molecule has 0 aliphatic carbocycles. The molecule has 0 bridgehead atoms. The molecule has 0 spiro atoms. The molecule has 0 radical (unpaired) electrons. The van der Waals surface area contributed by atoms with E-state index in [4.69, 9.17) is 9.47 Å².